The third kappa shape index (κ3) is 4.02. The van der Waals surface area contributed by atoms with Gasteiger partial charge in [-0.15, -0.1) is 0 Å². The summed E-state index contributed by atoms with van der Waals surface area (Å²) in [6.07, 6.45) is 8.86. The van der Waals surface area contributed by atoms with E-state index in [1.165, 1.54) is 0 Å². The molecule has 6 nitrogen and oxygen atoms in total. The fourth-order valence-corrected chi connectivity index (χ4v) is 2.83. The highest BCUT2D eigenvalue weighted by molar-refractivity contribution is 6.07. The van der Waals surface area contributed by atoms with Crippen molar-refractivity contribution in [2.45, 2.75) is 25.8 Å². The minimum Gasteiger partial charge on any atom is -0.351 e. The van der Waals surface area contributed by atoms with E-state index in [9.17, 15) is 9.59 Å². The van der Waals surface area contributed by atoms with Crippen LogP contribution in [0.15, 0.2) is 49.1 Å². The second-order valence-electron chi connectivity index (χ2n) is 6.46. The predicted molar refractivity (Wildman–Crippen MR) is 93.3 cm³/mol. The van der Waals surface area contributed by atoms with Crippen LogP contribution in [-0.2, 0) is 22.6 Å². The molecule has 0 aliphatic heterocycles. The largest absolute Gasteiger partial charge is 0.351 e. The third-order valence-corrected chi connectivity index (χ3v) is 4.60. The van der Waals surface area contributed by atoms with Gasteiger partial charge in [0.25, 0.3) is 0 Å². The summed E-state index contributed by atoms with van der Waals surface area (Å²) in [6, 6.07) is 7.60. The van der Waals surface area contributed by atoms with Crippen molar-refractivity contribution in [3.8, 4) is 0 Å². The number of carbonyl (C=O) groups excluding carboxylic acids is 2. The zero-order valence-corrected chi connectivity index (χ0v) is 14.3. The van der Waals surface area contributed by atoms with Crippen LogP contribution < -0.4 is 5.32 Å². The molecule has 0 spiro atoms. The molecule has 1 fully saturated rings. The monoisotopic (exact) mass is 338 g/mol. The number of aromatic nitrogens is 2. The van der Waals surface area contributed by atoms with Crippen molar-refractivity contribution in [3.05, 3.63) is 60.2 Å². The van der Waals surface area contributed by atoms with Gasteiger partial charge in [-0.05, 0) is 48.6 Å². The smallest absolute Gasteiger partial charge is 0.238 e. The molecule has 0 aromatic carbocycles. The Morgan fingerprint density at radius 2 is 1.88 bits per heavy atom. The van der Waals surface area contributed by atoms with Crippen LogP contribution in [0, 0.1) is 5.41 Å². The van der Waals surface area contributed by atoms with Gasteiger partial charge in [-0.25, -0.2) is 0 Å². The molecule has 2 amide bonds. The molecule has 3 rings (SSSR count). The zero-order valence-electron chi connectivity index (χ0n) is 14.3. The molecular formula is C19H22N4O2. The molecular weight excluding hydrogens is 316 g/mol. The first-order valence-corrected chi connectivity index (χ1v) is 8.43. The van der Waals surface area contributed by atoms with Crippen LogP contribution in [-0.4, -0.2) is 40.3 Å². The summed E-state index contributed by atoms with van der Waals surface area (Å²) in [5, 5.41) is 2.88. The third-order valence-electron chi connectivity index (χ3n) is 4.60. The van der Waals surface area contributed by atoms with Crippen molar-refractivity contribution >= 4 is 11.8 Å². The Balaban J connectivity index is 1.54. The van der Waals surface area contributed by atoms with E-state index in [4.69, 9.17) is 0 Å². The number of carbonyl (C=O) groups is 2. The standard InChI is InChI=1S/C19H22N4O2/c1-23(12-6-15-4-10-20-11-5-15)18(25)19(7-8-19)17(24)22-14-16-3-2-9-21-13-16/h2-5,9-11,13H,6-8,12,14H2,1H3,(H,22,24). The van der Waals surface area contributed by atoms with Crippen molar-refractivity contribution < 1.29 is 9.59 Å². The van der Waals surface area contributed by atoms with E-state index in [1.807, 2.05) is 24.3 Å². The Kier molecular flexibility index (Phi) is 5.07. The van der Waals surface area contributed by atoms with Gasteiger partial charge in [-0.1, -0.05) is 6.07 Å². The van der Waals surface area contributed by atoms with Gasteiger partial charge >= 0.3 is 0 Å². The van der Waals surface area contributed by atoms with E-state index < -0.39 is 5.41 Å². The van der Waals surface area contributed by atoms with Gasteiger partial charge in [0.1, 0.15) is 5.41 Å². The van der Waals surface area contributed by atoms with E-state index in [1.54, 1.807) is 36.7 Å². The SMILES string of the molecule is CN(CCc1ccncc1)C(=O)C1(C(=O)NCc2cccnc2)CC1. The molecule has 1 aliphatic rings. The molecule has 1 aliphatic carbocycles. The highest BCUT2D eigenvalue weighted by Gasteiger charge is 2.57. The van der Waals surface area contributed by atoms with Crippen LogP contribution in [0.5, 0.6) is 0 Å². The lowest BCUT2D eigenvalue weighted by Gasteiger charge is -2.23. The Morgan fingerprint density at radius 1 is 1.12 bits per heavy atom. The van der Waals surface area contributed by atoms with Gasteiger partial charge in [0.05, 0.1) is 0 Å². The maximum absolute atomic E-state index is 12.7. The first kappa shape index (κ1) is 17.1. The van der Waals surface area contributed by atoms with Crippen LogP contribution >= 0.6 is 0 Å². The average Bonchev–Trinajstić information content (AvgIpc) is 3.47. The minimum absolute atomic E-state index is 0.0924. The molecule has 0 saturated heterocycles. The Labute approximate surface area is 147 Å². The number of amides is 2. The topological polar surface area (TPSA) is 75.2 Å². The molecule has 0 bridgehead atoms. The lowest BCUT2D eigenvalue weighted by molar-refractivity contribution is -0.143. The summed E-state index contributed by atoms with van der Waals surface area (Å²) in [7, 11) is 1.76. The number of nitrogens with one attached hydrogen (secondary N) is 1. The lowest BCUT2D eigenvalue weighted by Crippen LogP contribution is -2.44. The maximum atomic E-state index is 12.7. The van der Waals surface area contributed by atoms with Gasteiger partial charge in [0.2, 0.25) is 11.8 Å². The zero-order chi connectivity index (χ0) is 17.7. The van der Waals surface area contributed by atoms with E-state index in [0.29, 0.717) is 25.9 Å². The average molecular weight is 338 g/mol. The molecule has 1 saturated carbocycles. The normalized spacial score (nSPS) is 14.6. The summed E-state index contributed by atoms with van der Waals surface area (Å²) >= 11 is 0. The van der Waals surface area contributed by atoms with Gasteiger partial charge in [0.15, 0.2) is 0 Å². The van der Waals surface area contributed by atoms with Gasteiger partial charge in [0, 0.05) is 44.9 Å². The Bertz CT molecular complexity index is 730. The molecule has 2 aromatic rings. The molecule has 2 aromatic heterocycles. The van der Waals surface area contributed by atoms with Crippen molar-refractivity contribution in [2.24, 2.45) is 5.41 Å². The summed E-state index contributed by atoms with van der Waals surface area (Å²) < 4.78 is 0. The van der Waals surface area contributed by atoms with E-state index in [2.05, 4.69) is 15.3 Å². The number of pyridine rings is 2. The van der Waals surface area contributed by atoms with Crippen molar-refractivity contribution in [1.82, 2.24) is 20.2 Å². The molecule has 0 unspecified atom stereocenters. The fraction of sp³-hybridized carbons (Fsp3) is 0.368. The van der Waals surface area contributed by atoms with E-state index in [0.717, 1.165) is 17.5 Å². The molecule has 0 radical (unpaired) electrons. The second kappa shape index (κ2) is 7.42. The van der Waals surface area contributed by atoms with Crippen LogP contribution in [0.1, 0.15) is 24.0 Å². The maximum Gasteiger partial charge on any atom is 0.238 e. The Hall–Kier alpha value is -2.76. The van der Waals surface area contributed by atoms with Gasteiger partial charge in [-0.3, -0.25) is 19.6 Å². The highest BCUT2D eigenvalue weighted by atomic mass is 16.2. The number of likely N-dealkylation sites (N-methyl/N-ethyl adjacent to an activating group) is 1. The molecule has 0 atom stereocenters. The minimum atomic E-state index is -0.880. The Morgan fingerprint density at radius 3 is 2.52 bits per heavy atom. The van der Waals surface area contributed by atoms with Crippen LogP contribution in [0.4, 0.5) is 0 Å². The van der Waals surface area contributed by atoms with Crippen LogP contribution in [0.25, 0.3) is 0 Å². The molecule has 130 valence electrons. The molecule has 1 N–H and O–H groups in total. The van der Waals surface area contributed by atoms with Crippen LogP contribution in [0.2, 0.25) is 0 Å². The van der Waals surface area contributed by atoms with Gasteiger partial charge in [-0.2, -0.15) is 0 Å². The lowest BCUT2D eigenvalue weighted by atomic mass is 10.0. The summed E-state index contributed by atoms with van der Waals surface area (Å²) in [6.45, 7) is 0.975. The first-order chi connectivity index (χ1) is 12.1. The van der Waals surface area contributed by atoms with E-state index in [-0.39, 0.29) is 11.8 Å². The number of hydrogen-bond acceptors (Lipinski definition) is 4. The van der Waals surface area contributed by atoms with Crippen molar-refractivity contribution in [1.29, 1.82) is 0 Å². The highest BCUT2D eigenvalue weighted by Crippen LogP contribution is 2.47. The van der Waals surface area contributed by atoms with Crippen LogP contribution in [0.3, 0.4) is 0 Å². The molecule has 6 heteroatoms. The fourth-order valence-electron chi connectivity index (χ4n) is 2.83. The summed E-state index contributed by atoms with van der Waals surface area (Å²) in [5.41, 5.74) is 1.17. The summed E-state index contributed by atoms with van der Waals surface area (Å²) in [4.78, 5) is 35.0. The van der Waals surface area contributed by atoms with E-state index >= 15 is 0 Å². The summed E-state index contributed by atoms with van der Waals surface area (Å²) in [5.74, 6) is -0.276. The quantitative estimate of drug-likeness (QED) is 0.778. The van der Waals surface area contributed by atoms with Crippen molar-refractivity contribution in [3.63, 3.8) is 0 Å². The van der Waals surface area contributed by atoms with Crippen molar-refractivity contribution in [2.75, 3.05) is 13.6 Å². The number of nitrogens with zero attached hydrogens (tertiary/aromatic N) is 3. The second-order valence-corrected chi connectivity index (χ2v) is 6.46. The number of hydrogen-bond donors (Lipinski definition) is 1. The first-order valence-electron chi connectivity index (χ1n) is 8.43. The predicted octanol–water partition coefficient (Wildman–Crippen LogP) is 1.57. The van der Waals surface area contributed by atoms with Gasteiger partial charge < -0.3 is 10.2 Å². The molecule has 25 heavy (non-hydrogen) atoms. The number of rotatable bonds is 7. The molecule has 2 heterocycles.